The summed E-state index contributed by atoms with van der Waals surface area (Å²) >= 11 is 0. The quantitative estimate of drug-likeness (QED) is 0.717. The minimum Gasteiger partial charge on any atom is -0.460 e. The number of nitrogens with two attached hydrogens (primary N) is 1. The zero-order chi connectivity index (χ0) is 17.6. The molecule has 1 aliphatic carbocycles. The van der Waals surface area contributed by atoms with Crippen LogP contribution in [0.5, 0.6) is 6.01 Å². The Morgan fingerprint density at radius 1 is 1.36 bits per heavy atom. The van der Waals surface area contributed by atoms with Gasteiger partial charge in [-0.15, -0.1) is 0 Å². The van der Waals surface area contributed by atoms with E-state index in [9.17, 15) is 9.50 Å². The number of hydrogen-bond acceptors (Lipinski definition) is 8. The first kappa shape index (κ1) is 16.4. The van der Waals surface area contributed by atoms with Crippen molar-refractivity contribution in [2.45, 2.75) is 56.4 Å². The molecule has 9 nitrogen and oxygen atoms in total. The zero-order valence-corrected chi connectivity index (χ0v) is 13.5. The number of hydrogen-bond donors (Lipinski definition) is 3. The maximum absolute atomic E-state index is 14.0. The molecule has 2 aromatic rings. The lowest BCUT2D eigenvalue weighted by atomic mass is 10.1. The number of halogens is 1. The number of fused-ring (bicyclic) bond motifs is 1. The van der Waals surface area contributed by atoms with E-state index in [-0.39, 0.29) is 23.6 Å². The van der Waals surface area contributed by atoms with Crippen LogP contribution in [-0.2, 0) is 4.74 Å². The predicted octanol–water partition coefficient (Wildman–Crippen LogP) is 0.319. The molecule has 1 saturated heterocycles. The van der Waals surface area contributed by atoms with Crippen LogP contribution in [0.15, 0.2) is 6.33 Å². The van der Waals surface area contributed by atoms with E-state index >= 15 is 0 Å². The number of aliphatic hydroxyl groups is 2. The standard InChI is InChI=1S/C15H20FN5O4/c16-9-8(5-22)25-14(11(9)23)21-6-18-10-12(17)19-15(20-13(10)21)24-7-3-1-2-4-7/h6-9,11,14,22-23H,1-5H2,(H2,17,19,20)/t8-,9-,11-,14-/m1/s1. The molecule has 25 heavy (non-hydrogen) atoms. The Labute approximate surface area is 142 Å². The van der Waals surface area contributed by atoms with E-state index in [0.29, 0.717) is 5.52 Å². The molecule has 0 spiro atoms. The third-order valence-corrected chi connectivity index (χ3v) is 4.74. The van der Waals surface area contributed by atoms with Gasteiger partial charge in [0.15, 0.2) is 29.4 Å². The first-order valence-electron chi connectivity index (χ1n) is 8.33. The van der Waals surface area contributed by atoms with Crippen molar-refractivity contribution in [1.29, 1.82) is 0 Å². The van der Waals surface area contributed by atoms with Crippen LogP contribution in [0.1, 0.15) is 31.9 Å². The molecule has 0 radical (unpaired) electrons. The lowest BCUT2D eigenvalue weighted by Gasteiger charge is -2.17. The van der Waals surface area contributed by atoms with Gasteiger partial charge < -0.3 is 25.4 Å². The number of nitrogen functional groups attached to an aromatic ring is 1. The molecule has 2 fully saturated rings. The number of aliphatic hydroxyl groups excluding tert-OH is 2. The second-order valence-corrected chi connectivity index (χ2v) is 6.42. The molecule has 0 amide bonds. The van der Waals surface area contributed by atoms with Gasteiger partial charge in [-0.05, 0) is 25.7 Å². The molecule has 1 aliphatic heterocycles. The first-order chi connectivity index (χ1) is 12.1. The summed E-state index contributed by atoms with van der Waals surface area (Å²) in [5, 5.41) is 19.3. The summed E-state index contributed by atoms with van der Waals surface area (Å²) < 4.78 is 26.6. The molecule has 4 atom stereocenters. The SMILES string of the molecule is Nc1nc(OC2CCCC2)nc2c1ncn2[C@@H]1O[C@H](CO)[C@@H](F)[C@H]1O. The maximum atomic E-state index is 14.0. The number of alkyl halides is 1. The molecule has 136 valence electrons. The van der Waals surface area contributed by atoms with E-state index in [2.05, 4.69) is 15.0 Å². The van der Waals surface area contributed by atoms with Gasteiger partial charge in [-0.3, -0.25) is 4.57 Å². The van der Waals surface area contributed by atoms with Gasteiger partial charge in [-0.2, -0.15) is 9.97 Å². The van der Waals surface area contributed by atoms with Crippen molar-refractivity contribution in [1.82, 2.24) is 19.5 Å². The fraction of sp³-hybridized carbons (Fsp3) is 0.667. The summed E-state index contributed by atoms with van der Waals surface area (Å²) in [7, 11) is 0. The monoisotopic (exact) mass is 353 g/mol. The Morgan fingerprint density at radius 2 is 2.12 bits per heavy atom. The Hall–Kier alpha value is -2.04. The minimum absolute atomic E-state index is 0.0514. The van der Waals surface area contributed by atoms with E-state index in [4.69, 9.17) is 20.3 Å². The van der Waals surface area contributed by atoms with Crippen LogP contribution in [0, 0.1) is 0 Å². The van der Waals surface area contributed by atoms with Crippen LogP contribution in [0.2, 0.25) is 0 Å². The molecule has 10 heteroatoms. The topological polar surface area (TPSA) is 129 Å². The number of ether oxygens (including phenoxy) is 2. The van der Waals surface area contributed by atoms with Gasteiger partial charge in [-0.25, -0.2) is 9.37 Å². The lowest BCUT2D eigenvalue weighted by molar-refractivity contribution is -0.0495. The normalized spacial score (nSPS) is 30.4. The third-order valence-electron chi connectivity index (χ3n) is 4.74. The van der Waals surface area contributed by atoms with E-state index in [1.54, 1.807) is 0 Å². The molecule has 0 unspecified atom stereocenters. The van der Waals surface area contributed by atoms with E-state index in [1.165, 1.54) is 10.9 Å². The Bertz CT molecular complexity index is 766. The summed E-state index contributed by atoms with van der Waals surface area (Å²) in [5.74, 6) is 0.139. The summed E-state index contributed by atoms with van der Waals surface area (Å²) in [6.07, 6.45) is 0.151. The van der Waals surface area contributed by atoms with Crippen LogP contribution >= 0.6 is 0 Å². The highest BCUT2D eigenvalue weighted by Crippen LogP contribution is 2.34. The number of rotatable bonds is 4. The Kier molecular flexibility index (Phi) is 4.18. The average molecular weight is 353 g/mol. The van der Waals surface area contributed by atoms with Gasteiger partial charge in [0.05, 0.1) is 12.9 Å². The van der Waals surface area contributed by atoms with Crippen molar-refractivity contribution in [3.63, 3.8) is 0 Å². The molecule has 4 rings (SSSR count). The summed E-state index contributed by atoms with van der Waals surface area (Å²) in [6, 6.07) is 0.127. The molecular weight excluding hydrogens is 333 g/mol. The smallest absolute Gasteiger partial charge is 0.320 e. The van der Waals surface area contributed by atoms with Crippen LogP contribution in [0.25, 0.3) is 11.2 Å². The fourth-order valence-electron chi connectivity index (χ4n) is 3.40. The summed E-state index contributed by atoms with van der Waals surface area (Å²) in [5.41, 5.74) is 6.54. The van der Waals surface area contributed by atoms with Gasteiger partial charge in [0.25, 0.3) is 0 Å². The minimum atomic E-state index is -1.71. The number of imidazole rings is 1. The number of anilines is 1. The van der Waals surface area contributed by atoms with Crippen LogP contribution < -0.4 is 10.5 Å². The molecular formula is C15H20FN5O4. The average Bonchev–Trinajstić information content (AvgIpc) is 3.30. The Morgan fingerprint density at radius 3 is 2.80 bits per heavy atom. The van der Waals surface area contributed by atoms with Gasteiger partial charge >= 0.3 is 6.01 Å². The van der Waals surface area contributed by atoms with Crippen molar-refractivity contribution in [3.05, 3.63) is 6.33 Å². The number of nitrogens with zero attached hydrogens (tertiary/aromatic N) is 4. The highest BCUT2D eigenvalue weighted by Gasteiger charge is 2.45. The molecule has 3 heterocycles. The van der Waals surface area contributed by atoms with E-state index < -0.39 is 31.2 Å². The molecule has 2 aliphatic rings. The highest BCUT2D eigenvalue weighted by atomic mass is 19.1. The lowest BCUT2D eigenvalue weighted by Crippen LogP contribution is -2.29. The second-order valence-electron chi connectivity index (χ2n) is 6.42. The third kappa shape index (κ3) is 2.79. The van der Waals surface area contributed by atoms with Crippen molar-refractivity contribution < 1.29 is 24.1 Å². The van der Waals surface area contributed by atoms with Crippen molar-refractivity contribution >= 4 is 17.0 Å². The summed E-state index contributed by atoms with van der Waals surface area (Å²) in [4.78, 5) is 12.6. The van der Waals surface area contributed by atoms with Crippen molar-refractivity contribution in [3.8, 4) is 6.01 Å². The van der Waals surface area contributed by atoms with Crippen LogP contribution in [-0.4, -0.2) is 60.8 Å². The van der Waals surface area contributed by atoms with Crippen LogP contribution in [0.4, 0.5) is 10.2 Å². The van der Waals surface area contributed by atoms with E-state index in [1.807, 2.05) is 0 Å². The second kappa shape index (κ2) is 6.36. The van der Waals surface area contributed by atoms with Gasteiger partial charge in [0, 0.05) is 0 Å². The van der Waals surface area contributed by atoms with Crippen molar-refractivity contribution in [2.24, 2.45) is 0 Å². The van der Waals surface area contributed by atoms with Crippen molar-refractivity contribution in [2.75, 3.05) is 12.3 Å². The fourth-order valence-corrected chi connectivity index (χ4v) is 3.40. The number of aromatic nitrogens is 4. The first-order valence-corrected chi connectivity index (χ1v) is 8.33. The maximum Gasteiger partial charge on any atom is 0.320 e. The van der Waals surface area contributed by atoms with Gasteiger partial charge in [0.1, 0.15) is 18.3 Å². The molecule has 0 aromatic carbocycles. The van der Waals surface area contributed by atoms with Gasteiger partial charge in [-0.1, -0.05) is 0 Å². The summed E-state index contributed by atoms with van der Waals surface area (Å²) in [6.45, 7) is -0.533. The highest BCUT2D eigenvalue weighted by molar-refractivity contribution is 5.82. The largest absolute Gasteiger partial charge is 0.460 e. The molecule has 2 aromatic heterocycles. The molecule has 4 N–H and O–H groups in total. The van der Waals surface area contributed by atoms with Crippen LogP contribution in [0.3, 0.4) is 0 Å². The van der Waals surface area contributed by atoms with Gasteiger partial charge in [0.2, 0.25) is 0 Å². The van der Waals surface area contributed by atoms with E-state index in [0.717, 1.165) is 25.7 Å². The molecule has 1 saturated carbocycles. The zero-order valence-electron chi connectivity index (χ0n) is 13.5. The Balaban J connectivity index is 1.68. The predicted molar refractivity (Wildman–Crippen MR) is 84.5 cm³/mol. The molecule has 0 bridgehead atoms.